The summed E-state index contributed by atoms with van der Waals surface area (Å²) in [6, 6.07) is 20.8. The van der Waals surface area contributed by atoms with Crippen LogP contribution in [0.2, 0.25) is 5.02 Å². The van der Waals surface area contributed by atoms with Gasteiger partial charge in [0.2, 0.25) is 0 Å². The summed E-state index contributed by atoms with van der Waals surface area (Å²) in [5.41, 5.74) is 10.9. The minimum Gasteiger partial charge on any atom is -0.406 e. The van der Waals surface area contributed by atoms with Crippen LogP contribution in [-0.2, 0) is 13.1 Å². The zero-order valence-electron chi connectivity index (χ0n) is 21.6. The number of fused-ring (bicyclic) bond motifs is 1. The first-order chi connectivity index (χ1) is 18.8. The summed E-state index contributed by atoms with van der Waals surface area (Å²) in [5, 5.41) is 5.40. The molecule has 1 aliphatic rings. The van der Waals surface area contributed by atoms with Crippen LogP contribution in [0.25, 0.3) is 22.0 Å². The topological polar surface area (TPSA) is 55.5 Å². The molecule has 0 saturated carbocycles. The van der Waals surface area contributed by atoms with Crippen LogP contribution < -0.4 is 15.8 Å². The van der Waals surface area contributed by atoms with Crippen LogP contribution in [0.4, 0.5) is 18.9 Å². The molecule has 0 radical (unpaired) electrons. The molecule has 3 aromatic carbocycles. The van der Waals surface area contributed by atoms with Crippen LogP contribution in [0, 0.1) is 0 Å². The first-order valence-electron chi connectivity index (χ1n) is 13.2. The van der Waals surface area contributed by atoms with E-state index < -0.39 is 6.36 Å². The van der Waals surface area contributed by atoms with Crippen molar-refractivity contribution in [1.29, 1.82) is 0 Å². The predicted octanol–water partition coefficient (Wildman–Crippen LogP) is 7.29. The second-order valence-corrected chi connectivity index (χ2v) is 10.4. The van der Waals surface area contributed by atoms with E-state index in [2.05, 4.69) is 43.9 Å². The Hall–Kier alpha value is -3.20. The SMILES string of the molecule is NCCCn1cc(-c2ccc(OC(F)(F)F)cc2)c2cc(CN3CCC(Nc4cccc(Cl)c4)CC3)ccc21. The number of hydrogen-bond acceptors (Lipinski definition) is 4. The highest BCUT2D eigenvalue weighted by atomic mass is 35.5. The lowest BCUT2D eigenvalue weighted by Crippen LogP contribution is -2.38. The van der Waals surface area contributed by atoms with Gasteiger partial charge in [-0.05, 0) is 79.4 Å². The van der Waals surface area contributed by atoms with Crippen molar-refractivity contribution in [3.63, 3.8) is 0 Å². The van der Waals surface area contributed by atoms with Crippen molar-refractivity contribution >= 4 is 28.2 Å². The van der Waals surface area contributed by atoms with Gasteiger partial charge < -0.3 is 20.4 Å². The van der Waals surface area contributed by atoms with Crippen LogP contribution in [0.1, 0.15) is 24.8 Å². The first kappa shape index (κ1) is 27.4. The van der Waals surface area contributed by atoms with Crippen molar-refractivity contribution in [3.8, 4) is 16.9 Å². The third-order valence-electron chi connectivity index (χ3n) is 7.14. The largest absolute Gasteiger partial charge is 0.573 e. The summed E-state index contributed by atoms with van der Waals surface area (Å²) in [7, 11) is 0. The zero-order valence-corrected chi connectivity index (χ0v) is 22.3. The van der Waals surface area contributed by atoms with E-state index in [1.54, 1.807) is 12.1 Å². The number of piperidine rings is 1. The maximum Gasteiger partial charge on any atom is 0.573 e. The van der Waals surface area contributed by atoms with E-state index in [9.17, 15) is 13.2 Å². The van der Waals surface area contributed by atoms with E-state index in [0.717, 1.165) is 78.2 Å². The Morgan fingerprint density at radius 1 is 1.00 bits per heavy atom. The van der Waals surface area contributed by atoms with Crippen LogP contribution in [0.15, 0.2) is 72.9 Å². The van der Waals surface area contributed by atoms with Crippen LogP contribution in [0.5, 0.6) is 5.75 Å². The second kappa shape index (κ2) is 11.9. The predicted molar refractivity (Wildman–Crippen MR) is 151 cm³/mol. The Balaban J connectivity index is 1.31. The highest BCUT2D eigenvalue weighted by Gasteiger charge is 2.31. The number of rotatable bonds is 9. The summed E-state index contributed by atoms with van der Waals surface area (Å²) in [4.78, 5) is 2.46. The lowest BCUT2D eigenvalue weighted by molar-refractivity contribution is -0.274. The number of aryl methyl sites for hydroxylation is 1. The molecule has 5 nitrogen and oxygen atoms in total. The van der Waals surface area contributed by atoms with Gasteiger partial charge in [-0.1, -0.05) is 35.9 Å². The molecule has 0 aliphatic carbocycles. The van der Waals surface area contributed by atoms with E-state index >= 15 is 0 Å². The third-order valence-corrected chi connectivity index (χ3v) is 7.37. The summed E-state index contributed by atoms with van der Waals surface area (Å²) in [6.07, 6.45) is 0.274. The Labute approximate surface area is 231 Å². The molecule has 4 aromatic rings. The van der Waals surface area contributed by atoms with Gasteiger partial charge in [0.25, 0.3) is 0 Å². The van der Waals surface area contributed by atoms with E-state index in [1.807, 2.05) is 24.3 Å². The number of likely N-dealkylation sites (tertiary alicyclic amines) is 1. The first-order valence-corrected chi connectivity index (χ1v) is 13.6. The number of benzene rings is 3. The van der Waals surface area contributed by atoms with Crippen molar-refractivity contribution < 1.29 is 17.9 Å². The zero-order chi connectivity index (χ0) is 27.4. The molecule has 0 unspecified atom stereocenters. The molecule has 2 heterocycles. The summed E-state index contributed by atoms with van der Waals surface area (Å²) >= 11 is 6.12. The fraction of sp³-hybridized carbons (Fsp3) is 0.333. The second-order valence-electron chi connectivity index (χ2n) is 10.0. The Bertz CT molecular complexity index is 1400. The van der Waals surface area contributed by atoms with Gasteiger partial charge in [-0.25, -0.2) is 0 Å². The smallest absolute Gasteiger partial charge is 0.406 e. The molecular weight excluding hydrogens is 525 g/mol. The summed E-state index contributed by atoms with van der Waals surface area (Å²) in [6.45, 7) is 4.17. The van der Waals surface area contributed by atoms with Gasteiger partial charge in [-0.3, -0.25) is 4.90 Å². The molecular formula is C30H32ClF3N4O. The molecule has 1 aliphatic heterocycles. The normalized spacial score (nSPS) is 15.1. The van der Waals surface area contributed by atoms with Crippen LogP contribution >= 0.6 is 11.6 Å². The van der Waals surface area contributed by atoms with Crippen LogP contribution in [0.3, 0.4) is 0 Å². The van der Waals surface area contributed by atoms with E-state index in [0.29, 0.717) is 12.6 Å². The molecule has 0 atom stereocenters. The standard InChI is InChI=1S/C30H32ClF3N4O/c31-23-3-1-4-25(18-23)36-24-11-15-37(16-12-24)19-21-5-10-29-27(17-21)28(20-38(29)14-2-13-35)22-6-8-26(9-7-22)39-30(32,33)34/h1,3-10,17-18,20,24,36H,2,11-16,19,35H2. The molecule has 39 heavy (non-hydrogen) atoms. The fourth-order valence-corrected chi connectivity index (χ4v) is 5.45. The lowest BCUT2D eigenvalue weighted by atomic mass is 10.0. The molecule has 0 spiro atoms. The molecule has 3 N–H and O–H groups in total. The van der Waals surface area contributed by atoms with Crippen molar-refractivity contribution in [3.05, 3.63) is 83.5 Å². The fourth-order valence-electron chi connectivity index (χ4n) is 5.26. The number of nitrogens with one attached hydrogen (secondary N) is 1. The molecule has 0 amide bonds. The number of nitrogens with zero attached hydrogens (tertiary/aromatic N) is 2. The number of aromatic nitrogens is 1. The minimum absolute atomic E-state index is 0.230. The van der Waals surface area contributed by atoms with Gasteiger partial charge in [0.15, 0.2) is 0 Å². The summed E-state index contributed by atoms with van der Waals surface area (Å²) < 4.78 is 44.1. The van der Waals surface area contributed by atoms with Crippen molar-refractivity contribution in [2.24, 2.45) is 5.73 Å². The average Bonchev–Trinajstić information content (AvgIpc) is 3.26. The van der Waals surface area contributed by atoms with Crippen molar-refractivity contribution in [2.45, 2.75) is 44.8 Å². The van der Waals surface area contributed by atoms with E-state index in [-0.39, 0.29) is 5.75 Å². The minimum atomic E-state index is -4.71. The maximum atomic E-state index is 12.6. The number of anilines is 1. The highest BCUT2D eigenvalue weighted by Crippen LogP contribution is 2.34. The summed E-state index contributed by atoms with van der Waals surface area (Å²) in [5.74, 6) is -0.230. The van der Waals surface area contributed by atoms with Gasteiger partial charge in [-0.15, -0.1) is 13.2 Å². The van der Waals surface area contributed by atoms with Crippen LogP contribution in [-0.4, -0.2) is 41.5 Å². The molecule has 9 heteroatoms. The maximum absolute atomic E-state index is 12.6. The molecule has 0 bridgehead atoms. The number of hydrogen-bond donors (Lipinski definition) is 2. The third kappa shape index (κ3) is 7.06. The van der Waals surface area contributed by atoms with Crippen molar-refractivity contribution in [2.75, 3.05) is 25.0 Å². The van der Waals surface area contributed by atoms with Gasteiger partial charge in [0, 0.05) is 65.6 Å². The van der Waals surface area contributed by atoms with E-state index in [4.69, 9.17) is 17.3 Å². The Morgan fingerprint density at radius 3 is 2.46 bits per heavy atom. The Morgan fingerprint density at radius 2 is 1.77 bits per heavy atom. The van der Waals surface area contributed by atoms with Gasteiger partial charge in [0.05, 0.1) is 0 Å². The lowest BCUT2D eigenvalue weighted by Gasteiger charge is -2.33. The number of halogens is 4. The van der Waals surface area contributed by atoms with E-state index in [1.165, 1.54) is 17.7 Å². The average molecular weight is 557 g/mol. The van der Waals surface area contributed by atoms with Gasteiger partial charge in [0.1, 0.15) is 5.75 Å². The molecule has 206 valence electrons. The van der Waals surface area contributed by atoms with Gasteiger partial charge >= 0.3 is 6.36 Å². The molecule has 1 saturated heterocycles. The monoisotopic (exact) mass is 556 g/mol. The van der Waals surface area contributed by atoms with Gasteiger partial charge in [-0.2, -0.15) is 0 Å². The molecule has 1 fully saturated rings. The molecule has 5 rings (SSSR count). The van der Waals surface area contributed by atoms with Crippen molar-refractivity contribution in [1.82, 2.24) is 9.47 Å². The number of nitrogens with two attached hydrogens (primary N) is 1. The molecule has 1 aromatic heterocycles. The number of ether oxygens (including phenoxy) is 1. The Kier molecular flexibility index (Phi) is 8.35. The highest BCUT2D eigenvalue weighted by molar-refractivity contribution is 6.30. The quantitative estimate of drug-likeness (QED) is 0.227. The number of alkyl halides is 3.